The van der Waals surface area contributed by atoms with Gasteiger partial charge in [-0.1, -0.05) is 13.8 Å². The van der Waals surface area contributed by atoms with Crippen LogP contribution in [0.4, 0.5) is 8.78 Å². The first-order chi connectivity index (χ1) is 4.59. The van der Waals surface area contributed by atoms with Gasteiger partial charge in [0.1, 0.15) is 6.10 Å². The van der Waals surface area contributed by atoms with E-state index in [1.165, 1.54) is 0 Å². The van der Waals surface area contributed by atoms with Gasteiger partial charge in [-0.15, -0.1) is 0 Å². The van der Waals surface area contributed by atoms with Crippen molar-refractivity contribution in [2.75, 3.05) is 6.61 Å². The number of halogens is 2. The molecular formula is C7H14F2O. The normalized spacial score (nSPS) is 14.7. The predicted octanol–water partition coefficient (Wildman–Crippen LogP) is 2.31. The summed E-state index contributed by atoms with van der Waals surface area (Å²) in [6.07, 6.45) is -3.26. The Morgan fingerprint density at radius 2 is 1.80 bits per heavy atom. The molecule has 0 saturated carbocycles. The molecule has 62 valence electrons. The fourth-order valence-electron chi connectivity index (χ4n) is 0.749. The molecule has 10 heavy (non-hydrogen) atoms. The highest BCUT2D eigenvalue weighted by atomic mass is 19.3. The molecule has 0 radical (unpaired) electrons. The minimum absolute atomic E-state index is 0.111. The van der Waals surface area contributed by atoms with Crippen molar-refractivity contribution < 1.29 is 13.5 Å². The fraction of sp³-hybridized carbons (Fsp3) is 1.00. The highest BCUT2D eigenvalue weighted by Crippen LogP contribution is 2.14. The van der Waals surface area contributed by atoms with Gasteiger partial charge >= 0.3 is 0 Å². The van der Waals surface area contributed by atoms with E-state index in [-0.39, 0.29) is 5.92 Å². The molecule has 0 amide bonds. The van der Waals surface area contributed by atoms with Crippen LogP contribution in [0.15, 0.2) is 0 Å². The fourth-order valence-corrected chi connectivity index (χ4v) is 0.749. The van der Waals surface area contributed by atoms with Gasteiger partial charge in [-0.05, 0) is 12.8 Å². The lowest BCUT2D eigenvalue weighted by atomic mass is 10.1. The lowest BCUT2D eigenvalue weighted by Gasteiger charge is -2.19. The Morgan fingerprint density at radius 3 is 1.90 bits per heavy atom. The van der Waals surface area contributed by atoms with Gasteiger partial charge in [-0.25, -0.2) is 8.78 Å². The number of rotatable bonds is 4. The Kier molecular flexibility index (Phi) is 4.52. The first-order valence-electron chi connectivity index (χ1n) is 3.49. The number of hydrogen-bond donors (Lipinski definition) is 0. The summed E-state index contributed by atoms with van der Waals surface area (Å²) in [6, 6.07) is 0. The van der Waals surface area contributed by atoms with Gasteiger partial charge in [0.05, 0.1) is 0 Å². The molecule has 3 heteroatoms. The zero-order valence-electron chi connectivity index (χ0n) is 6.60. The molecule has 0 heterocycles. The average Bonchev–Trinajstić information content (AvgIpc) is 1.81. The Morgan fingerprint density at radius 1 is 1.30 bits per heavy atom. The minimum atomic E-state index is -2.36. The van der Waals surface area contributed by atoms with E-state index in [9.17, 15) is 8.78 Å². The van der Waals surface area contributed by atoms with Crippen molar-refractivity contribution in [3.8, 4) is 0 Å². The zero-order valence-corrected chi connectivity index (χ0v) is 6.60. The number of ether oxygens (including phenoxy) is 1. The second-order valence-electron chi connectivity index (χ2n) is 2.50. The van der Waals surface area contributed by atoms with Crippen LogP contribution in [0.1, 0.15) is 20.8 Å². The topological polar surface area (TPSA) is 9.23 Å². The number of hydrogen-bond acceptors (Lipinski definition) is 1. The summed E-state index contributed by atoms with van der Waals surface area (Å²) in [4.78, 5) is 0. The third kappa shape index (κ3) is 3.11. The van der Waals surface area contributed by atoms with Gasteiger partial charge in [0, 0.05) is 6.61 Å². The quantitative estimate of drug-likeness (QED) is 0.600. The molecular weight excluding hydrogens is 138 g/mol. The van der Waals surface area contributed by atoms with Crippen molar-refractivity contribution in [2.45, 2.75) is 33.3 Å². The second kappa shape index (κ2) is 4.61. The standard InChI is InChI=1S/C7H14F2O/c1-4-10-6(5(2)3)7(8)9/h5-7H,4H2,1-3H3. The number of alkyl halides is 2. The summed E-state index contributed by atoms with van der Waals surface area (Å²) in [6.45, 7) is 5.53. The van der Waals surface area contributed by atoms with E-state index in [0.29, 0.717) is 6.61 Å². The van der Waals surface area contributed by atoms with Crippen molar-refractivity contribution in [3.63, 3.8) is 0 Å². The van der Waals surface area contributed by atoms with Crippen LogP contribution in [0.3, 0.4) is 0 Å². The second-order valence-corrected chi connectivity index (χ2v) is 2.50. The van der Waals surface area contributed by atoms with Gasteiger partial charge in [0.2, 0.25) is 0 Å². The van der Waals surface area contributed by atoms with Crippen LogP contribution in [-0.4, -0.2) is 19.1 Å². The molecule has 0 saturated heterocycles. The summed E-state index contributed by atoms with van der Waals surface area (Å²) in [5.74, 6) is -0.111. The molecule has 0 aromatic heterocycles. The van der Waals surface area contributed by atoms with Crippen molar-refractivity contribution in [2.24, 2.45) is 5.92 Å². The first kappa shape index (κ1) is 9.82. The summed E-state index contributed by atoms with van der Waals surface area (Å²) in [5.41, 5.74) is 0. The lowest BCUT2D eigenvalue weighted by Crippen LogP contribution is -2.27. The van der Waals surface area contributed by atoms with E-state index < -0.39 is 12.5 Å². The van der Waals surface area contributed by atoms with Crippen LogP contribution < -0.4 is 0 Å². The van der Waals surface area contributed by atoms with E-state index in [1.807, 2.05) is 0 Å². The third-order valence-electron chi connectivity index (χ3n) is 1.26. The van der Waals surface area contributed by atoms with E-state index >= 15 is 0 Å². The maximum absolute atomic E-state index is 12.0. The molecule has 1 atom stereocenters. The van der Waals surface area contributed by atoms with Gasteiger partial charge in [-0.3, -0.25) is 0 Å². The highest BCUT2D eigenvalue weighted by molar-refractivity contribution is 4.63. The van der Waals surface area contributed by atoms with Crippen LogP contribution >= 0.6 is 0 Å². The SMILES string of the molecule is CCOC(C(C)C)C(F)F. The van der Waals surface area contributed by atoms with E-state index in [1.54, 1.807) is 20.8 Å². The molecule has 1 nitrogen and oxygen atoms in total. The predicted molar refractivity (Wildman–Crippen MR) is 36.3 cm³/mol. The molecule has 0 aromatic carbocycles. The minimum Gasteiger partial charge on any atom is -0.372 e. The largest absolute Gasteiger partial charge is 0.372 e. The van der Waals surface area contributed by atoms with Crippen LogP contribution in [-0.2, 0) is 4.74 Å². The van der Waals surface area contributed by atoms with Gasteiger partial charge in [0.25, 0.3) is 6.43 Å². The zero-order chi connectivity index (χ0) is 8.15. The molecule has 0 fully saturated rings. The van der Waals surface area contributed by atoms with Crippen LogP contribution in [0.2, 0.25) is 0 Å². The maximum Gasteiger partial charge on any atom is 0.264 e. The maximum atomic E-state index is 12.0. The Labute approximate surface area is 60.4 Å². The lowest BCUT2D eigenvalue weighted by molar-refractivity contribution is -0.0742. The molecule has 0 spiro atoms. The molecule has 0 aliphatic carbocycles. The molecule has 0 bridgehead atoms. The average molecular weight is 152 g/mol. The smallest absolute Gasteiger partial charge is 0.264 e. The van der Waals surface area contributed by atoms with Gasteiger partial charge < -0.3 is 4.74 Å². The molecule has 0 aliphatic rings. The monoisotopic (exact) mass is 152 g/mol. The summed E-state index contributed by atoms with van der Waals surface area (Å²) >= 11 is 0. The van der Waals surface area contributed by atoms with Crippen molar-refractivity contribution >= 4 is 0 Å². The molecule has 0 aromatic rings. The van der Waals surface area contributed by atoms with E-state index in [2.05, 4.69) is 0 Å². The Hall–Kier alpha value is -0.180. The summed E-state index contributed by atoms with van der Waals surface area (Å²) in [5, 5.41) is 0. The van der Waals surface area contributed by atoms with Crippen molar-refractivity contribution in [3.05, 3.63) is 0 Å². The van der Waals surface area contributed by atoms with Crippen molar-refractivity contribution in [1.29, 1.82) is 0 Å². The summed E-state index contributed by atoms with van der Waals surface area (Å²) in [7, 11) is 0. The molecule has 1 unspecified atom stereocenters. The Balaban J connectivity index is 3.73. The molecule has 0 rings (SSSR count). The Bertz CT molecular complexity index is 75.7. The van der Waals surface area contributed by atoms with Crippen molar-refractivity contribution in [1.82, 2.24) is 0 Å². The van der Waals surface area contributed by atoms with Gasteiger partial charge in [-0.2, -0.15) is 0 Å². The van der Waals surface area contributed by atoms with E-state index in [0.717, 1.165) is 0 Å². The van der Waals surface area contributed by atoms with Crippen LogP contribution in [0, 0.1) is 5.92 Å². The first-order valence-corrected chi connectivity index (χ1v) is 3.49. The van der Waals surface area contributed by atoms with Crippen LogP contribution in [0.5, 0.6) is 0 Å². The van der Waals surface area contributed by atoms with Gasteiger partial charge in [0.15, 0.2) is 0 Å². The molecule has 0 aliphatic heterocycles. The summed E-state index contributed by atoms with van der Waals surface area (Å²) < 4.78 is 28.8. The van der Waals surface area contributed by atoms with E-state index in [4.69, 9.17) is 4.74 Å². The highest BCUT2D eigenvalue weighted by Gasteiger charge is 2.23. The molecule has 0 N–H and O–H groups in total. The third-order valence-corrected chi connectivity index (χ3v) is 1.26. The van der Waals surface area contributed by atoms with Crippen LogP contribution in [0.25, 0.3) is 0 Å².